The number of hydrogen-bond acceptors (Lipinski definition) is 2. The summed E-state index contributed by atoms with van der Waals surface area (Å²) in [6.45, 7) is 0. The van der Waals surface area contributed by atoms with Crippen molar-refractivity contribution in [3.63, 3.8) is 0 Å². The minimum Gasteiger partial charge on any atom is -0.481 e. The first-order valence-electron chi connectivity index (χ1n) is 5.24. The van der Waals surface area contributed by atoms with Crippen molar-refractivity contribution in [2.45, 2.75) is 30.8 Å². The quantitative estimate of drug-likeness (QED) is 0.771. The Hall–Kier alpha value is -1.58. The van der Waals surface area contributed by atoms with Gasteiger partial charge in [0, 0.05) is 11.1 Å². The van der Waals surface area contributed by atoms with Crippen LogP contribution >= 0.6 is 0 Å². The molecule has 1 fully saturated rings. The zero-order valence-electron chi connectivity index (χ0n) is 8.82. The largest absolute Gasteiger partial charge is 0.481 e. The Morgan fingerprint density at radius 3 is 2.44 bits per heavy atom. The maximum absolute atomic E-state index is 13.0. The highest BCUT2D eigenvalue weighted by atomic mass is 19.1. The van der Waals surface area contributed by atoms with E-state index in [1.54, 1.807) is 24.3 Å². The number of carbonyl (C=O) groups is 1. The number of benzene rings is 1. The standard InChI is InChI=1S/C12H14FNO2/c13-9-5-12(6-9,7-11(15)16)8-1-3-10(14)4-2-8/h1-4,9H,5-7,14H2,(H,15,16). The van der Waals surface area contributed by atoms with Crippen LogP contribution in [-0.4, -0.2) is 17.2 Å². The van der Waals surface area contributed by atoms with Crippen molar-refractivity contribution in [2.24, 2.45) is 0 Å². The molecule has 2 rings (SSSR count). The third-order valence-electron chi connectivity index (χ3n) is 3.24. The lowest BCUT2D eigenvalue weighted by atomic mass is 9.61. The number of rotatable bonds is 3. The molecule has 0 bridgehead atoms. The van der Waals surface area contributed by atoms with Crippen LogP contribution in [0.15, 0.2) is 24.3 Å². The van der Waals surface area contributed by atoms with Gasteiger partial charge in [0.05, 0.1) is 6.42 Å². The summed E-state index contributed by atoms with van der Waals surface area (Å²) in [4.78, 5) is 10.8. The zero-order chi connectivity index (χ0) is 11.8. The molecule has 1 aliphatic carbocycles. The first-order valence-corrected chi connectivity index (χ1v) is 5.24. The number of halogens is 1. The molecule has 0 spiro atoms. The van der Waals surface area contributed by atoms with Crippen molar-refractivity contribution in [1.29, 1.82) is 0 Å². The van der Waals surface area contributed by atoms with Gasteiger partial charge in [-0.05, 0) is 30.5 Å². The minimum absolute atomic E-state index is 0.0165. The highest BCUT2D eigenvalue weighted by molar-refractivity contribution is 5.69. The van der Waals surface area contributed by atoms with Gasteiger partial charge in [-0.1, -0.05) is 12.1 Å². The molecule has 16 heavy (non-hydrogen) atoms. The molecule has 0 heterocycles. The summed E-state index contributed by atoms with van der Waals surface area (Å²) in [7, 11) is 0. The number of alkyl halides is 1. The van der Waals surface area contributed by atoms with Crippen LogP contribution in [0.5, 0.6) is 0 Å². The molecule has 4 heteroatoms. The molecule has 3 N–H and O–H groups in total. The van der Waals surface area contributed by atoms with Gasteiger partial charge in [-0.2, -0.15) is 0 Å². The molecule has 1 aromatic carbocycles. The molecule has 0 aromatic heterocycles. The van der Waals surface area contributed by atoms with E-state index in [-0.39, 0.29) is 6.42 Å². The van der Waals surface area contributed by atoms with E-state index >= 15 is 0 Å². The van der Waals surface area contributed by atoms with Crippen LogP contribution in [0.2, 0.25) is 0 Å². The molecule has 0 aliphatic heterocycles. The smallest absolute Gasteiger partial charge is 0.304 e. The molecule has 0 atom stereocenters. The van der Waals surface area contributed by atoms with Crippen molar-refractivity contribution in [1.82, 2.24) is 0 Å². The van der Waals surface area contributed by atoms with Crippen LogP contribution in [0.1, 0.15) is 24.8 Å². The van der Waals surface area contributed by atoms with Crippen molar-refractivity contribution in [3.05, 3.63) is 29.8 Å². The lowest BCUT2D eigenvalue weighted by molar-refractivity contribution is -0.140. The fourth-order valence-corrected chi connectivity index (χ4v) is 2.40. The lowest BCUT2D eigenvalue weighted by Gasteiger charge is -2.43. The van der Waals surface area contributed by atoms with Gasteiger partial charge in [-0.3, -0.25) is 4.79 Å². The summed E-state index contributed by atoms with van der Waals surface area (Å²) in [5.41, 5.74) is 6.54. The van der Waals surface area contributed by atoms with Gasteiger partial charge in [0.2, 0.25) is 0 Å². The second kappa shape index (κ2) is 3.77. The van der Waals surface area contributed by atoms with Crippen LogP contribution in [0.4, 0.5) is 10.1 Å². The number of nitrogens with two attached hydrogens (primary N) is 1. The number of nitrogen functional groups attached to an aromatic ring is 1. The van der Waals surface area contributed by atoms with E-state index < -0.39 is 17.6 Å². The Labute approximate surface area is 93.1 Å². The monoisotopic (exact) mass is 223 g/mol. The summed E-state index contributed by atoms with van der Waals surface area (Å²) in [5.74, 6) is -0.885. The van der Waals surface area contributed by atoms with Crippen LogP contribution in [-0.2, 0) is 10.2 Å². The highest BCUT2D eigenvalue weighted by Crippen LogP contribution is 2.48. The molecule has 0 radical (unpaired) electrons. The Balaban J connectivity index is 2.26. The first kappa shape index (κ1) is 10.9. The molecule has 0 unspecified atom stereocenters. The van der Waals surface area contributed by atoms with Crippen molar-refractivity contribution in [3.8, 4) is 0 Å². The van der Waals surface area contributed by atoms with Gasteiger partial charge in [-0.25, -0.2) is 4.39 Å². The molecule has 86 valence electrons. The normalized spacial score (nSPS) is 28.4. The van der Waals surface area contributed by atoms with Crippen molar-refractivity contribution in [2.75, 3.05) is 5.73 Å². The first-order chi connectivity index (χ1) is 7.52. The van der Waals surface area contributed by atoms with E-state index in [1.807, 2.05) is 0 Å². The molecule has 1 aromatic rings. The van der Waals surface area contributed by atoms with Crippen LogP contribution < -0.4 is 5.73 Å². The van der Waals surface area contributed by atoms with Crippen LogP contribution in [0, 0.1) is 0 Å². The Morgan fingerprint density at radius 1 is 1.44 bits per heavy atom. The fraction of sp³-hybridized carbons (Fsp3) is 0.417. The third-order valence-corrected chi connectivity index (χ3v) is 3.24. The average Bonchev–Trinajstić information content (AvgIpc) is 2.15. The summed E-state index contributed by atoms with van der Waals surface area (Å²) >= 11 is 0. The van der Waals surface area contributed by atoms with E-state index in [4.69, 9.17) is 10.8 Å². The summed E-state index contributed by atoms with van der Waals surface area (Å²) < 4.78 is 13.0. The molecule has 1 aliphatic rings. The SMILES string of the molecule is Nc1ccc(C2(CC(=O)O)CC(F)C2)cc1. The van der Waals surface area contributed by atoms with Crippen molar-refractivity contribution >= 4 is 11.7 Å². The van der Waals surface area contributed by atoms with Gasteiger partial charge >= 0.3 is 5.97 Å². The fourth-order valence-electron chi connectivity index (χ4n) is 2.40. The molecular formula is C12H14FNO2. The molecule has 1 saturated carbocycles. The Bertz CT molecular complexity index is 396. The Kier molecular flexibility index (Phi) is 2.58. The number of aliphatic carboxylic acids is 1. The van der Waals surface area contributed by atoms with E-state index in [0.29, 0.717) is 18.5 Å². The predicted molar refractivity (Wildman–Crippen MR) is 58.9 cm³/mol. The second-order valence-corrected chi connectivity index (χ2v) is 4.48. The predicted octanol–water partition coefficient (Wildman–Crippen LogP) is 2.11. The summed E-state index contributed by atoms with van der Waals surface area (Å²) in [6, 6.07) is 7.04. The second-order valence-electron chi connectivity index (χ2n) is 4.48. The third kappa shape index (κ3) is 1.87. The molecule has 0 saturated heterocycles. The number of hydrogen-bond donors (Lipinski definition) is 2. The molecule has 3 nitrogen and oxygen atoms in total. The molecule has 0 amide bonds. The highest BCUT2D eigenvalue weighted by Gasteiger charge is 2.47. The zero-order valence-corrected chi connectivity index (χ0v) is 8.82. The lowest BCUT2D eigenvalue weighted by Crippen LogP contribution is -2.44. The van der Waals surface area contributed by atoms with Crippen LogP contribution in [0.3, 0.4) is 0 Å². The summed E-state index contributed by atoms with van der Waals surface area (Å²) in [5, 5.41) is 8.87. The van der Waals surface area contributed by atoms with E-state index in [9.17, 15) is 9.18 Å². The maximum Gasteiger partial charge on any atom is 0.304 e. The number of carboxylic acid groups (broad SMARTS) is 1. The Morgan fingerprint density at radius 2 is 2.00 bits per heavy atom. The van der Waals surface area contributed by atoms with Gasteiger partial charge in [0.15, 0.2) is 0 Å². The van der Waals surface area contributed by atoms with E-state index in [0.717, 1.165) is 5.56 Å². The minimum atomic E-state index is -0.885. The van der Waals surface area contributed by atoms with Crippen LogP contribution in [0.25, 0.3) is 0 Å². The summed E-state index contributed by atoms with van der Waals surface area (Å²) in [6.07, 6.45) is -0.305. The van der Waals surface area contributed by atoms with E-state index in [2.05, 4.69) is 0 Å². The molecular weight excluding hydrogens is 209 g/mol. The van der Waals surface area contributed by atoms with Gasteiger partial charge in [0.25, 0.3) is 0 Å². The van der Waals surface area contributed by atoms with Crippen molar-refractivity contribution < 1.29 is 14.3 Å². The van der Waals surface area contributed by atoms with Gasteiger partial charge in [0.1, 0.15) is 6.17 Å². The van der Waals surface area contributed by atoms with Gasteiger partial charge in [-0.15, -0.1) is 0 Å². The number of carboxylic acids is 1. The topological polar surface area (TPSA) is 63.3 Å². The number of anilines is 1. The maximum atomic E-state index is 13.0. The van der Waals surface area contributed by atoms with Gasteiger partial charge < -0.3 is 10.8 Å². The average molecular weight is 223 g/mol. The van der Waals surface area contributed by atoms with E-state index in [1.165, 1.54) is 0 Å².